The summed E-state index contributed by atoms with van der Waals surface area (Å²) in [5, 5.41) is 37.0. The van der Waals surface area contributed by atoms with E-state index in [1.54, 1.807) is 24.3 Å². The Morgan fingerprint density at radius 1 is 1.00 bits per heavy atom. The summed E-state index contributed by atoms with van der Waals surface area (Å²) >= 11 is 0. The minimum absolute atomic E-state index is 0.205. The third-order valence-corrected chi connectivity index (χ3v) is 3.04. The summed E-state index contributed by atoms with van der Waals surface area (Å²) in [6.45, 7) is 0. The van der Waals surface area contributed by atoms with Gasteiger partial charge in [0.25, 0.3) is 0 Å². The van der Waals surface area contributed by atoms with Crippen molar-refractivity contribution in [3.8, 4) is 24.3 Å². The smallest absolute Gasteiger partial charge is 0.221 e. The Morgan fingerprint density at radius 2 is 1.63 bits per heavy atom. The molecule has 0 unspecified atom stereocenters. The molecule has 0 radical (unpaired) electrons. The van der Waals surface area contributed by atoms with Crippen molar-refractivity contribution in [2.24, 2.45) is 5.41 Å². The summed E-state index contributed by atoms with van der Waals surface area (Å²) in [4.78, 5) is 3.54. The lowest BCUT2D eigenvalue weighted by Crippen LogP contribution is -2.43. The maximum Gasteiger partial charge on any atom is 0.221 e. The molecule has 1 heterocycles. The molecule has 0 bridgehead atoms. The Hall–Kier alpha value is -3.22. The Kier molecular flexibility index (Phi) is 2.52. The van der Waals surface area contributed by atoms with Crippen LogP contribution >= 0.6 is 0 Å². The summed E-state index contributed by atoms with van der Waals surface area (Å²) < 4.78 is 13.3. The summed E-state index contributed by atoms with van der Waals surface area (Å²) in [6, 6.07) is 9.06. The SMILES string of the molecule is N#CC1(C#N)C=Cc2ccc(F)nc2C1(C#N)C#N. The molecule has 0 atom stereocenters. The van der Waals surface area contributed by atoms with Gasteiger partial charge in [-0.05, 0) is 23.8 Å². The summed E-state index contributed by atoms with van der Waals surface area (Å²) in [5.74, 6) is -0.881. The number of nitriles is 4. The van der Waals surface area contributed by atoms with Gasteiger partial charge in [0.05, 0.1) is 30.0 Å². The lowest BCUT2D eigenvalue weighted by Gasteiger charge is -2.32. The van der Waals surface area contributed by atoms with Gasteiger partial charge in [0, 0.05) is 0 Å². The maximum absolute atomic E-state index is 13.3. The van der Waals surface area contributed by atoms with Crippen LogP contribution in [0.4, 0.5) is 4.39 Å². The zero-order valence-electron chi connectivity index (χ0n) is 9.42. The van der Waals surface area contributed by atoms with Crippen LogP contribution in [0.5, 0.6) is 0 Å². The lowest BCUT2D eigenvalue weighted by molar-refractivity contribution is 0.459. The van der Waals surface area contributed by atoms with E-state index < -0.39 is 16.8 Å². The molecule has 88 valence electrons. The van der Waals surface area contributed by atoms with Gasteiger partial charge in [-0.15, -0.1) is 0 Å². The third kappa shape index (κ3) is 1.32. The van der Waals surface area contributed by atoms with E-state index in [-0.39, 0.29) is 5.69 Å². The molecule has 19 heavy (non-hydrogen) atoms. The zero-order chi connectivity index (χ0) is 14.1. The minimum Gasteiger partial charge on any atom is -0.221 e. The van der Waals surface area contributed by atoms with Crippen LogP contribution in [0.25, 0.3) is 6.08 Å². The first-order valence-corrected chi connectivity index (χ1v) is 5.10. The van der Waals surface area contributed by atoms with Crippen LogP contribution in [0.1, 0.15) is 11.3 Å². The highest BCUT2D eigenvalue weighted by Crippen LogP contribution is 2.46. The molecule has 0 aliphatic heterocycles. The molecule has 2 rings (SSSR count). The van der Waals surface area contributed by atoms with Gasteiger partial charge in [0.1, 0.15) is 0 Å². The second-order valence-corrected chi connectivity index (χ2v) is 3.91. The monoisotopic (exact) mass is 249 g/mol. The fraction of sp³-hybridized carbons (Fsp3) is 0.154. The molecule has 0 fully saturated rings. The highest BCUT2D eigenvalue weighted by molar-refractivity contribution is 5.68. The Labute approximate surface area is 108 Å². The van der Waals surface area contributed by atoms with Crippen LogP contribution in [0.15, 0.2) is 18.2 Å². The Bertz CT molecular complexity index is 723. The Balaban J connectivity index is 2.93. The van der Waals surface area contributed by atoms with Gasteiger partial charge in [0.15, 0.2) is 5.41 Å². The maximum atomic E-state index is 13.3. The third-order valence-electron chi connectivity index (χ3n) is 3.04. The summed E-state index contributed by atoms with van der Waals surface area (Å²) in [6.07, 6.45) is 2.57. The van der Waals surface area contributed by atoms with E-state index in [2.05, 4.69) is 4.98 Å². The van der Waals surface area contributed by atoms with Gasteiger partial charge in [-0.2, -0.15) is 25.4 Å². The molecule has 1 aromatic heterocycles. The quantitative estimate of drug-likeness (QED) is 0.648. The van der Waals surface area contributed by atoms with Gasteiger partial charge in [-0.3, -0.25) is 0 Å². The van der Waals surface area contributed by atoms with Crippen LogP contribution in [-0.2, 0) is 5.41 Å². The number of hydrogen-bond donors (Lipinski definition) is 0. The van der Waals surface area contributed by atoms with Crippen molar-refractivity contribution in [2.75, 3.05) is 0 Å². The molecule has 0 saturated carbocycles. The summed E-state index contributed by atoms with van der Waals surface area (Å²) in [5.41, 5.74) is -4.03. The van der Waals surface area contributed by atoms with Crippen LogP contribution in [0, 0.1) is 56.7 Å². The predicted molar refractivity (Wildman–Crippen MR) is 59.8 cm³/mol. The standard InChI is InChI=1S/C13H4FN5/c14-10-2-1-9-3-4-12(5-15,6-16)13(7-17,8-18)11(9)19-10/h1-4H. The molecule has 0 aromatic carbocycles. The first kappa shape index (κ1) is 12.2. The molecule has 1 aromatic rings. The topological polar surface area (TPSA) is 108 Å². The average Bonchev–Trinajstić information content (AvgIpc) is 2.46. The van der Waals surface area contributed by atoms with Crippen LogP contribution < -0.4 is 0 Å². The van der Waals surface area contributed by atoms with E-state index in [0.29, 0.717) is 5.56 Å². The molecule has 0 amide bonds. The molecule has 0 N–H and O–H groups in total. The molecule has 1 aliphatic rings. The number of pyridine rings is 1. The first-order valence-electron chi connectivity index (χ1n) is 5.10. The molecule has 5 nitrogen and oxygen atoms in total. The predicted octanol–water partition coefficient (Wildman–Crippen LogP) is 1.57. The molecule has 0 saturated heterocycles. The van der Waals surface area contributed by atoms with E-state index >= 15 is 0 Å². The molecular formula is C13H4FN5. The van der Waals surface area contributed by atoms with Crippen molar-refractivity contribution in [1.29, 1.82) is 21.0 Å². The molecule has 1 aliphatic carbocycles. The van der Waals surface area contributed by atoms with E-state index in [0.717, 1.165) is 6.07 Å². The number of rotatable bonds is 0. The van der Waals surface area contributed by atoms with Crippen LogP contribution in [-0.4, -0.2) is 4.98 Å². The number of fused-ring (bicyclic) bond motifs is 1. The van der Waals surface area contributed by atoms with Gasteiger partial charge in [0.2, 0.25) is 11.4 Å². The fourth-order valence-electron chi connectivity index (χ4n) is 1.98. The fourth-order valence-corrected chi connectivity index (χ4v) is 1.98. The second kappa shape index (κ2) is 3.91. The van der Waals surface area contributed by atoms with E-state index in [1.807, 2.05) is 0 Å². The van der Waals surface area contributed by atoms with Crippen LogP contribution in [0.3, 0.4) is 0 Å². The van der Waals surface area contributed by atoms with Crippen molar-refractivity contribution in [3.63, 3.8) is 0 Å². The van der Waals surface area contributed by atoms with E-state index in [1.165, 1.54) is 18.2 Å². The largest absolute Gasteiger partial charge is 0.221 e. The van der Waals surface area contributed by atoms with Gasteiger partial charge in [-0.1, -0.05) is 6.08 Å². The number of hydrogen-bond acceptors (Lipinski definition) is 5. The molecule has 6 heteroatoms. The summed E-state index contributed by atoms with van der Waals surface area (Å²) in [7, 11) is 0. The zero-order valence-corrected chi connectivity index (χ0v) is 9.42. The van der Waals surface area contributed by atoms with Crippen molar-refractivity contribution in [3.05, 3.63) is 35.4 Å². The highest BCUT2D eigenvalue weighted by Gasteiger charge is 2.58. The lowest BCUT2D eigenvalue weighted by atomic mass is 9.61. The number of nitrogens with zero attached hydrogens (tertiary/aromatic N) is 5. The number of aromatic nitrogens is 1. The first-order chi connectivity index (χ1) is 9.09. The van der Waals surface area contributed by atoms with Crippen molar-refractivity contribution < 1.29 is 4.39 Å². The molecule has 0 spiro atoms. The highest BCUT2D eigenvalue weighted by atomic mass is 19.1. The van der Waals surface area contributed by atoms with E-state index in [4.69, 9.17) is 0 Å². The van der Waals surface area contributed by atoms with Gasteiger partial charge < -0.3 is 0 Å². The Morgan fingerprint density at radius 3 is 2.16 bits per heavy atom. The van der Waals surface area contributed by atoms with Crippen molar-refractivity contribution >= 4 is 6.08 Å². The number of allylic oxidation sites excluding steroid dienone is 1. The van der Waals surface area contributed by atoms with E-state index in [9.17, 15) is 25.4 Å². The second-order valence-electron chi connectivity index (χ2n) is 3.91. The van der Waals surface area contributed by atoms with Crippen molar-refractivity contribution in [2.45, 2.75) is 5.41 Å². The van der Waals surface area contributed by atoms with Crippen molar-refractivity contribution in [1.82, 2.24) is 4.98 Å². The number of halogens is 1. The normalized spacial score (nSPS) is 17.1. The van der Waals surface area contributed by atoms with Gasteiger partial charge in [-0.25, -0.2) is 4.98 Å². The van der Waals surface area contributed by atoms with Crippen LogP contribution in [0.2, 0.25) is 0 Å². The average molecular weight is 249 g/mol. The van der Waals surface area contributed by atoms with Gasteiger partial charge >= 0.3 is 0 Å². The molecular weight excluding hydrogens is 245 g/mol. The minimum atomic E-state index is -2.15.